The third-order valence-corrected chi connectivity index (χ3v) is 3.23. The van der Waals surface area contributed by atoms with Gasteiger partial charge in [-0.25, -0.2) is 4.39 Å². The standard InChI is InChI=1S/C12H10ClFN2O/c13-5-8-3-12(17)16(7-8)11-2-1-10(14)4-9(11)6-15/h1-2,4,8H,3,5,7H2. The van der Waals surface area contributed by atoms with Gasteiger partial charge in [0.2, 0.25) is 5.91 Å². The zero-order valence-electron chi connectivity index (χ0n) is 8.99. The van der Waals surface area contributed by atoms with Crippen molar-refractivity contribution >= 4 is 23.2 Å². The second-order valence-electron chi connectivity index (χ2n) is 4.00. The Labute approximate surface area is 103 Å². The molecule has 0 aliphatic carbocycles. The van der Waals surface area contributed by atoms with Gasteiger partial charge in [0.25, 0.3) is 0 Å². The molecular formula is C12H10ClFN2O. The van der Waals surface area contributed by atoms with Gasteiger partial charge in [-0.1, -0.05) is 0 Å². The van der Waals surface area contributed by atoms with Gasteiger partial charge in [0, 0.05) is 18.8 Å². The van der Waals surface area contributed by atoms with Crippen LogP contribution in [-0.2, 0) is 4.79 Å². The molecule has 0 N–H and O–H groups in total. The molecule has 1 aromatic carbocycles. The number of carbonyl (C=O) groups excluding carboxylic acids is 1. The second-order valence-corrected chi connectivity index (χ2v) is 4.31. The summed E-state index contributed by atoms with van der Waals surface area (Å²) in [6, 6.07) is 5.74. The molecule has 0 saturated carbocycles. The summed E-state index contributed by atoms with van der Waals surface area (Å²) in [5.41, 5.74) is 0.639. The molecule has 0 bridgehead atoms. The summed E-state index contributed by atoms with van der Waals surface area (Å²) in [7, 11) is 0. The van der Waals surface area contributed by atoms with Crippen LogP contribution in [0.2, 0.25) is 0 Å². The summed E-state index contributed by atoms with van der Waals surface area (Å²) < 4.78 is 13.0. The molecule has 2 rings (SSSR count). The van der Waals surface area contributed by atoms with Crippen LogP contribution in [0.15, 0.2) is 18.2 Å². The zero-order valence-corrected chi connectivity index (χ0v) is 9.75. The Morgan fingerprint density at radius 3 is 2.94 bits per heavy atom. The molecule has 88 valence electrons. The van der Waals surface area contributed by atoms with Crippen molar-refractivity contribution in [2.24, 2.45) is 5.92 Å². The van der Waals surface area contributed by atoms with E-state index < -0.39 is 5.82 Å². The molecule has 17 heavy (non-hydrogen) atoms. The van der Waals surface area contributed by atoms with Gasteiger partial charge in [-0.15, -0.1) is 11.6 Å². The van der Waals surface area contributed by atoms with Gasteiger partial charge in [0.1, 0.15) is 11.9 Å². The maximum atomic E-state index is 13.0. The fourth-order valence-corrected chi connectivity index (χ4v) is 2.16. The van der Waals surface area contributed by atoms with Crippen LogP contribution in [0, 0.1) is 23.1 Å². The third kappa shape index (κ3) is 2.25. The lowest BCUT2D eigenvalue weighted by Gasteiger charge is -2.17. The highest BCUT2D eigenvalue weighted by molar-refractivity contribution is 6.18. The average molecular weight is 253 g/mol. The topological polar surface area (TPSA) is 44.1 Å². The smallest absolute Gasteiger partial charge is 0.227 e. The molecule has 1 heterocycles. The molecule has 1 unspecified atom stereocenters. The number of alkyl halides is 1. The quantitative estimate of drug-likeness (QED) is 0.758. The summed E-state index contributed by atoms with van der Waals surface area (Å²) in [5.74, 6) is -0.0453. The van der Waals surface area contributed by atoms with Gasteiger partial charge in [-0.2, -0.15) is 5.26 Å². The minimum absolute atomic E-state index is 0.0706. The van der Waals surface area contributed by atoms with Crippen molar-refractivity contribution < 1.29 is 9.18 Å². The van der Waals surface area contributed by atoms with Crippen LogP contribution in [-0.4, -0.2) is 18.3 Å². The first kappa shape index (κ1) is 11.9. The lowest BCUT2D eigenvalue weighted by atomic mass is 10.1. The Morgan fingerprint density at radius 1 is 1.59 bits per heavy atom. The number of anilines is 1. The maximum Gasteiger partial charge on any atom is 0.227 e. The number of nitriles is 1. The van der Waals surface area contributed by atoms with Crippen LogP contribution in [0.3, 0.4) is 0 Å². The molecule has 0 aromatic heterocycles. The summed E-state index contributed by atoms with van der Waals surface area (Å²) in [4.78, 5) is 13.3. The third-order valence-electron chi connectivity index (χ3n) is 2.79. The van der Waals surface area contributed by atoms with Gasteiger partial charge in [0.05, 0.1) is 11.3 Å². The Kier molecular flexibility index (Phi) is 3.30. The minimum Gasteiger partial charge on any atom is -0.311 e. The fraction of sp³-hybridized carbons (Fsp3) is 0.333. The van der Waals surface area contributed by atoms with Crippen molar-refractivity contribution in [2.45, 2.75) is 6.42 Å². The van der Waals surface area contributed by atoms with E-state index in [0.29, 0.717) is 24.5 Å². The normalized spacial score (nSPS) is 19.5. The predicted octanol–water partition coefficient (Wildman–Crippen LogP) is 2.29. The van der Waals surface area contributed by atoms with E-state index in [1.165, 1.54) is 17.0 Å². The van der Waals surface area contributed by atoms with Crippen molar-refractivity contribution in [3.8, 4) is 6.07 Å². The van der Waals surface area contributed by atoms with Crippen LogP contribution in [0.4, 0.5) is 10.1 Å². The monoisotopic (exact) mass is 252 g/mol. The first-order valence-electron chi connectivity index (χ1n) is 5.21. The van der Waals surface area contributed by atoms with Gasteiger partial charge in [-0.3, -0.25) is 4.79 Å². The second kappa shape index (κ2) is 4.72. The van der Waals surface area contributed by atoms with Gasteiger partial charge in [-0.05, 0) is 24.1 Å². The van der Waals surface area contributed by atoms with E-state index in [-0.39, 0.29) is 17.4 Å². The zero-order chi connectivity index (χ0) is 12.4. The van der Waals surface area contributed by atoms with Crippen LogP contribution in [0.25, 0.3) is 0 Å². The molecule has 0 radical (unpaired) electrons. The molecular weight excluding hydrogens is 243 g/mol. The first-order chi connectivity index (χ1) is 8.15. The number of carbonyl (C=O) groups is 1. The predicted molar refractivity (Wildman–Crippen MR) is 62.3 cm³/mol. The van der Waals surface area contributed by atoms with Crippen molar-refractivity contribution in [2.75, 3.05) is 17.3 Å². The van der Waals surface area contributed by atoms with Crippen molar-refractivity contribution in [3.63, 3.8) is 0 Å². The molecule has 1 amide bonds. The summed E-state index contributed by atoms with van der Waals surface area (Å²) in [5, 5.41) is 8.93. The SMILES string of the molecule is N#Cc1cc(F)ccc1N1CC(CCl)CC1=O. The average Bonchev–Trinajstić information content (AvgIpc) is 2.70. The highest BCUT2D eigenvalue weighted by Crippen LogP contribution is 2.28. The van der Waals surface area contributed by atoms with E-state index in [4.69, 9.17) is 16.9 Å². The first-order valence-corrected chi connectivity index (χ1v) is 5.75. The largest absolute Gasteiger partial charge is 0.311 e. The molecule has 1 aliphatic heterocycles. The Hall–Kier alpha value is -1.60. The van der Waals surface area contributed by atoms with Gasteiger partial charge < -0.3 is 4.90 Å². The lowest BCUT2D eigenvalue weighted by Crippen LogP contribution is -2.25. The number of hydrogen-bond acceptors (Lipinski definition) is 2. The number of halogens is 2. The van der Waals surface area contributed by atoms with Gasteiger partial charge in [0.15, 0.2) is 0 Å². The number of hydrogen-bond donors (Lipinski definition) is 0. The molecule has 1 aliphatic rings. The van der Waals surface area contributed by atoms with E-state index in [2.05, 4.69) is 0 Å². The molecule has 1 aromatic rings. The van der Waals surface area contributed by atoms with E-state index >= 15 is 0 Å². The number of amides is 1. The van der Waals surface area contributed by atoms with Crippen LogP contribution < -0.4 is 4.90 Å². The summed E-state index contributed by atoms with van der Waals surface area (Å²) in [6.07, 6.45) is 0.381. The molecule has 1 atom stereocenters. The van der Waals surface area contributed by atoms with Crippen LogP contribution in [0.1, 0.15) is 12.0 Å². The highest BCUT2D eigenvalue weighted by Gasteiger charge is 2.31. The minimum atomic E-state index is -0.481. The van der Waals surface area contributed by atoms with Crippen molar-refractivity contribution in [1.29, 1.82) is 5.26 Å². The molecule has 1 saturated heterocycles. The molecule has 1 fully saturated rings. The molecule has 3 nitrogen and oxygen atoms in total. The highest BCUT2D eigenvalue weighted by atomic mass is 35.5. The van der Waals surface area contributed by atoms with E-state index in [0.717, 1.165) is 6.07 Å². The molecule has 0 spiro atoms. The van der Waals surface area contributed by atoms with Crippen LogP contribution >= 0.6 is 11.6 Å². The lowest BCUT2D eigenvalue weighted by molar-refractivity contribution is -0.117. The van der Waals surface area contributed by atoms with Crippen molar-refractivity contribution in [1.82, 2.24) is 0 Å². The Balaban J connectivity index is 2.35. The van der Waals surface area contributed by atoms with E-state index in [1.54, 1.807) is 0 Å². The fourth-order valence-electron chi connectivity index (χ4n) is 1.95. The number of benzene rings is 1. The maximum absolute atomic E-state index is 13.0. The number of rotatable bonds is 2. The van der Waals surface area contributed by atoms with Crippen LogP contribution in [0.5, 0.6) is 0 Å². The van der Waals surface area contributed by atoms with E-state index in [1.807, 2.05) is 6.07 Å². The summed E-state index contributed by atoms with van der Waals surface area (Å²) in [6.45, 7) is 0.489. The van der Waals surface area contributed by atoms with Crippen molar-refractivity contribution in [3.05, 3.63) is 29.6 Å². The Morgan fingerprint density at radius 2 is 2.35 bits per heavy atom. The Bertz CT molecular complexity index is 498. The van der Waals surface area contributed by atoms with Gasteiger partial charge >= 0.3 is 0 Å². The van der Waals surface area contributed by atoms with E-state index in [9.17, 15) is 9.18 Å². The summed E-state index contributed by atoms with van der Waals surface area (Å²) >= 11 is 5.72. The number of nitrogens with zero attached hydrogens (tertiary/aromatic N) is 2. The molecule has 5 heteroatoms.